The van der Waals surface area contributed by atoms with Crippen molar-refractivity contribution in [2.75, 3.05) is 13.2 Å². The van der Waals surface area contributed by atoms with Gasteiger partial charge in [0.25, 0.3) is 0 Å². The van der Waals surface area contributed by atoms with Crippen LogP contribution in [-0.4, -0.2) is 121 Å². The molecule has 0 heterocycles. The van der Waals surface area contributed by atoms with E-state index in [2.05, 4.69) is 31.2 Å². The number of phosphoric ester groups is 1. The maximum absolute atomic E-state index is 12.8. The molecule has 3 unspecified atom stereocenters. The summed E-state index contributed by atoms with van der Waals surface area (Å²) in [5, 5.41) is 70.1. The molecule has 63 heavy (non-hydrogen) atoms. The van der Waals surface area contributed by atoms with E-state index in [9.17, 15) is 54.8 Å². The van der Waals surface area contributed by atoms with Crippen LogP contribution in [0.1, 0.15) is 117 Å². The predicted octanol–water partition coefficient (Wildman–Crippen LogP) is 6.21. The Kier molecular flexibility index (Phi) is 32.9. The van der Waals surface area contributed by atoms with Crippen molar-refractivity contribution in [1.29, 1.82) is 0 Å². The van der Waals surface area contributed by atoms with E-state index < -0.39 is 87.9 Å². The van der Waals surface area contributed by atoms with Gasteiger partial charge in [0.2, 0.25) is 0 Å². The highest BCUT2D eigenvalue weighted by molar-refractivity contribution is 7.47. The minimum absolute atomic E-state index is 0.0236. The van der Waals surface area contributed by atoms with Crippen LogP contribution in [0.2, 0.25) is 0 Å². The first-order valence-electron chi connectivity index (χ1n) is 22.3. The quantitative estimate of drug-likeness (QED) is 0.0117. The second-order valence-corrected chi connectivity index (χ2v) is 16.6. The first-order chi connectivity index (χ1) is 30.2. The zero-order chi connectivity index (χ0) is 46.7. The molecule has 10 atom stereocenters. The van der Waals surface area contributed by atoms with Gasteiger partial charge in [0.1, 0.15) is 43.2 Å². The van der Waals surface area contributed by atoms with E-state index in [1.54, 1.807) is 42.5 Å². The molecule has 358 valence electrons. The molecule has 15 nitrogen and oxygen atoms in total. The van der Waals surface area contributed by atoms with E-state index in [0.717, 1.165) is 57.8 Å². The van der Waals surface area contributed by atoms with Crippen molar-refractivity contribution in [3.8, 4) is 0 Å². The molecule has 16 heteroatoms. The number of ether oxygens (including phenoxy) is 2. The van der Waals surface area contributed by atoms with Gasteiger partial charge in [-0.15, -0.1) is 0 Å². The molecule has 0 amide bonds. The summed E-state index contributed by atoms with van der Waals surface area (Å²) in [5.41, 5.74) is 0. The van der Waals surface area contributed by atoms with Gasteiger partial charge in [-0.05, 0) is 64.2 Å². The average molecular weight is 911 g/mol. The molecule has 1 rings (SSSR count). The number of hydrogen-bond donors (Lipinski definition) is 8. The van der Waals surface area contributed by atoms with Crippen LogP contribution in [0, 0.1) is 0 Å². The minimum Gasteiger partial charge on any atom is -0.462 e. The van der Waals surface area contributed by atoms with Crippen LogP contribution in [-0.2, 0) is 32.7 Å². The number of unbranched alkanes of at least 4 members (excludes halogenated alkanes) is 6. The Morgan fingerprint density at radius 1 is 0.587 bits per heavy atom. The average Bonchev–Trinajstić information content (AvgIpc) is 3.25. The molecule has 0 spiro atoms. The van der Waals surface area contributed by atoms with Crippen LogP contribution in [0.15, 0.2) is 97.2 Å². The van der Waals surface area contributed by atoms with Gasteiger partial charge in [-0.2, -0.15) is 0 Å². The molecule has 0 aromatic rings. The fraction of sp³-hybridized carbons (Fsp3) is 0.617. The Morgan fingerprint density at radius 2 is 1.11 bits per heavy atom. The van der Waals surface area contributed by atoms with Gasteiger partial charge in [0.05, 0.1) is 18.8 Å². The lowest BCUT2D eigenvalue weighted by Gasteiger charge is -2.41. The summed E-state index contributed by atoms with van der Waals surface area (Å²) in [5.74, 6) is -1.30. The van der Waals surface area contributed by atoms with Crippen molar-refractivity contribution in [3.05, 3.63) is 97.2 Å². The van der Waals surface area contributed by atoms with Crippen molar-refractivity contribution in [2.45, 2.75) is 172 Å². The number of carbonyl (C=O) groups excluding carboxylic acids is 2. The fourth-order valence-electron chi connectivity index (χ4n) is 5.94. The Hall–Kier alpha value is -3.31. The first-order valence-corrected chi connectivity index (χ1v) is 23.8. The molecular weight excluding hydrogens is 835 g/mol. The lowest BCUT2D eigenvalue weighted by molar-refractivity contribution is -0.220. The Labute approximate surface area is 374 Å². The molecule has 1 aliphatic rings. The molecule has 1 saturated carbocycles. The van der Waals surface area contributed by atoms with E-state index in [1.807, 2.05) is 37.3 Å². The standard InChI is InChI=1S/C47H75O15P/c1-3-5-7-8-9-10-11-12-13-14-15-20-28-34-41(51)61-39(36-60-63(57,58)62-47-45(55)43(53)42(52)44(54)46(47)56)35-59-40(50)33-27-19-17-16-18-24-30-38(49)32-26-22-21-25-31-37(48)29-23-6-4-2/h6-8,10-11,17-19,21-26,31-32,37-39,42-49,52-56H,3-5,9,12-16,20,27-30,33-36H2,1-2H3,(H,57,58)/b8-7-,11-10-,19-17-,22-21-,23-6-,24-18-,31-25+,32-26+/t37-,38+,39-,42?,43-,44+,45-,46-,47?/m1/s1. The summed E-state index contributed by atoms with van der Waals surface area (Å²) >= 11 is 0. The van der Waals surface area contributed by atoms with Crippen molar-refractivity contribution < 1.29 is 73.3 Å². The Balaban J connectivity index is 2.59. The highest BCUT2D eigenvalue weighted by Crippen LogP contribution is 2.47. The van der Waals surface area contributed by atoms with Gasteiger partial charge in [-0.25, -0.2) is 4.57 Å². The number of aliphatic hydroxyl groups is 7. The largest absolute Gasteiger partial charge is 0.472 e. The number of hydrogen-bond acceptors (Lipinski definition) is 14. The first kappa shape index (κ1) is 57.7. The molecule has 0 aromatic carbocycles. The molecule has 0 aromatic heterocycles. The van der Waals surface area contributed by atoms with E-state index in [4.69, 9.17) is 18.5 Å². The van der Waals surface area contributed by atoms with Crippen LogP contribution < -0.4 is 0 Å². The summed E-state index contributed by atoms with van der Waals surface area (Å²) in [7, 11) is -5.17. The Bertz CT molecular complexity index is 1500. The van der Waals surface area contributed by atoms with E-state index >= 15 is 0 Å². The van der Waals surface area contributed by atoms with Crippen molar-refractivity contribution >= 4 is 19.8 Å². The highest BCUT2D eigenvalue weighted by Gasteiger charge is 2.51. The van der Waals surface area contributed by atoms with Crippen LogP contribution in [0.25, 0.3) is 0 Å². The molecular formula is C47H75O15P. The van der Waals surface area contributed by atoms with Gasteiger partial charge >= 0.3 is 19.8 Å². The zero-order valence-electron chi connectivity index (χ0n) is 37.0. The van der Waals surface area contributed by atoms with Crippen molar-refractivity contribution in [2.24, 2.45) is 0 Å². The van der Waals surface area contributed by atoms with Crippen molar-refractivity contribution in [3.63, 3.8) is 0 Å². The number of carbonyl (C=O) groups is 2. The fourth-order valence-corrected chi connectivity index (χ4v) is 6.91. The Morgan fingerprint density at radius 3 is 1.71 bits per heavy atom. The maximum Gasteiger partial charge on any atom is 0.472 e. The zero-order valence-corrected chi connectivity index (χ0v) is 37.9. The molecule has 1 aliphatic carbocycles. The summed E-state index contributed by atoms with van der Waals surface area (Å²) in [6, 6.07) is 0. The minimum atomic E-state index is -5.17. The molecule has 1 fully saturated rings. The highest BCUT2D eigenvalue weighted by atomic mass is 31.2. The molecule has 0 saturated heterocycles. The third-order valence-electron chi connectivity index (χ3n) is 9.57. The van der Waals surface area contributed by atoms with Crippen molar-refractivity contribution in [1.82, 2.24) is 0 Å². The molecule has 0 radical (unpaired) electrons. The second-order valence-electron chi connectivity index (χ2n) is 15.2. The summed E-state index contributed by atoms with van der Waals surface area (Å²) < 4.78 is 33.3. The number of rotatable bonds is 34. The van der Waals surface area contributed by atoms with Crippen LogP contribution in [0.5, 0.6) is 0 Å². The number of esters is 2. The number of phosphoric acid groups is 1. The third-order valence-corrected chi connectivity index (χ3v) is 10.6. The SMILES string of the molecule is CC/C=C\C[C@@H](O)/C=C/C=C\C=C\[C@@H](O)C/C=C\C/C=C\CCC(=O)OC[C@H](COP(=O)(O)OC1[C@H](O)[C@H](O)C(O)[C@H](O)[C@H]1O)OC(=O)CCCCCCC/C=C\C/C=C\CCC. The van der Waals surface area contributed by atoms with Crippen LogP contribution >= 0.6 is 7.82 Å². The van der Waals surface area contributed by atoms with E-state index in [1.165, 1.54) is 0 Å². The topological polar surface area (TPSA) is 250 Å². The van der Waals surface area contributed by atoms with Crippen LogP contribution in [0.3, 0.4) is 0 Å². The lowest BCUT2D eigenvalue weighted by Crippen LogP contribution is -2.64. The van der Waals surface area contributed by atoms with Gasteiger partial charge in [-0.3, -0.25) is 18.6 Å². The predicted molar refractivity (Wildman–Crippen MR) is 242 cm³/mol. The third kappa shape index (κ3) is 29.0. The molecule has 8 N–H and O–H groups in total. The van der Waals surface area contributed by atoms with Crippen LogP contribution in [0.4, 0.5) is 0 Å². The molecule has 0 aliphatic heterocycles. The van der Waals surface area contributed by atoms with E-state index in [0.29, 0.717) is 32.1 Å². The smallest absolute Gasteiger partial charge is 0.462 e. The monoisotopic (exact) mass is 910 g/mol. The van der Waals surface area contributed by atoms with Gasteiger partial charge in [-0.1, -0.05) is 137 Å². The summed E-state index contributed by atoms with van der Waals surface area (Å²) in [6.07, 6.45) is 26.8. The normalized spacial score (nSPS) is 23.7. The van der Waals surface area contributed by atoms with Gasteiger partial charge in [0, 0.05) is 12.8 Å². The van der Waals surface area contributed by atoms with Gasteiger partial charge < -0.3 is 50.1 Å². The maximum atomic E-state index is 12.8. The van der Waals surface area contributed by atoms with E-state index in [-0.39, 0.29) is 12.8 Å². The summed E-state index contributed by atoms with van der Waals surface area (Å²) in [4.78, 5) is 35.6. The summed E-state index contributed by atoms with van der Waals surface area (Å²) in [6.45, 7) is 2.85. The number of aliphatic hydroxyl groups excluding tert-OH is 7. The second kappa shape index (κ2) is 36.0. The molecule has 0 bridgehead atoms. The van der Waals surface area contributed by atoms with Gasteiger partial charge in [0.15, 0.2) is 6.10 Å². The number of allylic oxidation sites excluding steroid dienone is 12. The lowest BCUT2D eigenvalue weighted by atomic mass is 9.85.